The van der Waals surface area contributed by atoms with Crippen molar-refractivity contribution in [2.45, 2.75) is 46.1 Å². The summed E-state index contributed by atoms with van der Waals surface area (Å²) in [5, 5.41) is 4.14. The minimum atomic E-state index is -0.140. The first kappa shape index (κ1) is 20.9. The van der Waals surface area contributed by atoms with Gasteiger partial charge in [0, 0.05) is 24.2 Å². The topological polar surface area (TPSA) is 77.7 Å². The summed E-state index contributed by atoms with van der Waals surface area (Å²) in [5.74, 6) is 2.12. The summed E-state index contributed by atoms with van der Waals surface area (Å²) in [6.45, 7) is 8.49. The number of aromatic nitrogens is 2. The van der Waals surface area contributed by atoms with Gasteiger partial charge in [-0.15, -0.1) is 0 Å². The lowest BCUT2D eigenvalue weighted by atomic mass is 10.1. The summed E-state index contributed by atoms with van der Waals surface area (Å²) in [6.07, 6.45) is 0.385. The van der Waals surface area contributed by atoms with Gasteiger partial charge in [-0.3, -0.25) is 4.79 Å². The molecule has 1 saturated heterocycles. The molecule has 0 radical (unpaired) electrons. The standard InChI is InChI=1S/C24H27N3O4/c1-14(2)30-20-9-8-17(11-21(20)29-5)23-25-24(31-26-23)18-12-22(28)27(13-18)19-10-15(3)6-7-16(19)4/h6-11,14,18H,12-13H2,1-5H3. The van der Waals surface area contributed by atoms with Crippen molar-refractivity contribution in [2.24, 2.45) is 0 Å². The number of amides is 1. The van der Waals surface area contributed by atoms with Gasteiger partial charge in [-0.05, 0) is 63.1 Å². The Balaban J connectivity index is 1.55. The molecule has 7 heteroatoms. The Labute approximate surface area is 182 Å². The van der Waals surface area contributed by atoms with Gasteiger partial charge >= 0.3 is 0 Å². The van der Waals surface area contributed by atoms with Crippen LogP contribution in [0.1, 0.15) is 43.2 Å². The molecule has 1 fully saturated rings. The first-order valence-corrected chi connectivity index (χ1v) is 10.4. The molecule has 162 valence electrons. The van der Waals surface area contributed by atoms with E-state index in [0.717, 1.165) is 22.4 Å². The lowest BCUT2D eigenvalue weighted by molar-refractivity contribution is -0.117. The number of hydrogen-bond donors (Lipinski definition) is 0. The van der Waals surface area contributed by atoms with Crippen molar-refractivity contribution in [3.05, 3.63) is 53.4 Å². The fourth-order valence-electron chi connectivity index (χ4n) is 3.79. The van der Waals surface area contributed by atoms with E-state index in [9.17, 15) is 4.79 Å². The predicted octanol–water partition coefficient (Wildman–Crippen LogP) is 4.67. The molecule has 7 nitrogen and oxygen atoms in total. The van der Waals surface area contributed by atoms with E-state index >= 15 is 0 Å². The second-order valence-electron chi connectivity index (χ2n) is 8.18. The van der Waals surface area contributed by atoms with Crippen LogP contribution < -0.4 is 14.4 Å². The lowest BCUT2D eigenvalue weighted by Gasteiger charge is -2.19. The Hall–Kier alpha value is -3.35. The summed E-state index contributed by atoms with van der Waals surface area (Å²) >= 11 is 0. The van der Waals surface area contributed by atoms with E-state index in [1.165, 1.54) is 0 Å². The van der Waals surface area contributed by atoms with Gasteiger partial charge in [0.1, 0.15) is 0 Å². The van der Waals surface area contributed by atoms with Crippen LogP contribution in [0.15, 0.2) is 40.9 Å². The third-order valence-corrected chi connectivity index (χ3v) is 5.36. The average molecular weight is 421 g/mol. The Morgan fingerprint density at radius 3 is 2.68 bits per heavy atom. The van der Waals surface area contributed by atoms with E-state index in [4.69, 9.17) is 14.0 Å². The molecule has 1 aliphatic rings. The SMILES string of the molecule is COc1cc(-c2noc(C3CC(=O)N(c4cc(C)ccc4C)C3)n2)ccc1OC(C)C. The van der Waals surface area contributed by atoms with Crippen LogP contribution in [0, 0.1) is 13.8 Å². The zero-order chi connectivity index (χ0) is 22.1. The molecular formula is C24H27N3O4. The van der Waals surface area contributed by atoms with E-state index < -0.39 is 0 Å². The predicted molar refractivity (Wildman–Crippen MR) is 118 cm³/mol. The van der Waals surface area contributed by atoms with Crippen molar-refractivity contribution in [1.29, 1.82) is 0 Å². The van der Waals surface area contributed by atoms with E-state index in [1.54, 1.807) is 7.11 Å². The van der Waals surface area contributed by atoms with Gasteiger partial charge in [0.15, 0.2) is 11.5 Å². The Bertz CT molecular complexity index is 1110. The highest BCUT2D eigenvalue weighted by Crippen LogP contribution is 2.35. The number of carbonyl (C=O) groups excluding carboxylic acids is 1. The van der Waals surface area contributed by atoms with Gasteiger partial charge < -0.3 is 18.9 Å². The molecule has 4 rings (SSSR count). The summed E-state index contributed by atoms with van der Waals surface area (Å²) in [7, 11) is 1.60. The van der Waals surface area contributed by atoms with E-state index in [2.05, 4.69) is 10.1 Å². The van der Waals surface area contributed by atoms with Crippen LogP contribution in [0.3, 0.4) is 0 Å². The van der Waals surface area contributed by atoms with Crippen LogP contribution in [-0.4, -0.2) is 35.8 Å². The maximum Gasteiger partial charge on any atom is 0.232 e. The normalized spacial score (nSPS) is 16.3. The Morgan fingerprint density at radius 1 is 1.13 bits per heavy atom. The van der Waals surface area contributed by atoms with Gasteiger partial charge in [0.05, 0.1) is 19.1 Å². The highest BCUT2D eigenvalue weighted by Gasteiger charge is 2.35. The minimum absolute atomic E-state index is 0.0383. The number of carbonyl (C=O) groups is 1. The smallest absolute Gasteiger partial charge is 0.232 e. The maximum atomic E-state index is 12.7. The molecule has 1 unspecified atom stereocenters. The van der Waals surface area contributed by atoms with Crippen molar-refractivity contribution < 1.29 is 18.8 Å². The lowest BCUT2D eigenvalue weighted by Crippen LogP contribution is -2.25. The van der Waals surface area contributed by atoms with Crippen molar-refractivity contribution >= 4 is 11.6 Å². The van der Waals surface area contributed by atoms with E-state index in [1.807, 2.05) is 69.0 Å². The molecule has 0 saturated carbocycles. The third kappa shape index (κ3) is 4.26. The number of benzene rings is 2. The molecule has 1 aromatic heterocycles. The van der Waals surface area contributed by atoms with Gasteiger partial charge in [-0.25, -0.2) is 0 Å². The molecule has 2 heterocycles. The van der Waals surface area contributed by atoms with Crippen LogP contribution in [0.5, 0.6) is 11.5 Å². The largest absolute Gasteiger partial charge is 0.493 e. The molecule has 3 aromatic rings. The Kier molecular flexibility index (Phi) is 5.67. The minimum Gasteiger partial charge on any atom is -0.493 e. The second kappa shape index (κ2) is 8.41. The number of aryl methyl sites for hydroxylation is 2. The summed E-state index contributed by atoms with van der Waals surface area (Å²) in [4.78, 5) is 19.1. The van der Waals surface area contributed by atoms with Gasteiger partial charge in [-0.2, -0.15) is 4.98 Å². The summed E-state index contributed by atoms with van der Waals surface area (Å²) in [6, 6.07) is 11.7. The number of rotatable bonds is 6. The zero-order valence-corrected chi connectivity index (χ0v) is 18.5. The summed E-state index contributed by atoms with van der Waals surface area (Å²) in [5.41, 5.74) is 3.90. The fraction of sp³-hybridized carbons (Fsp3) is 0.375. The van der Waals surface area contributed by atoms with Gasteiger partial charge in [0.2, 0.25) is 17.6 Å². The molecule has 1 atom stereocenters. The van der Waals surface area contributed by atoms with Crippen LogP contribution in [-0.2, 0) is 4.79 Å². The van der Waals surface area contributed by atoms with E-state index in [-0.39, 0.29) is 17.9 Å². The quantitative estimate of drug-likeness (QED) is 0.576. The first-order chi connectivity index (χ1) is 14.9. The molecule has 0 bridgehead atoms. The number of methoxy groups -OCH3 is 1. The molecular weight excluding hydrogens is 394 g/mol. The third-order valence-electron chi connectivity index (χ3n) is 5.36. The second-order valence-corrected chi connectivity index (χ2v) is 8.18. The molecule has 0 aliphatic carbocycles. The number of anilines is 1. The molecule has 1 amide bonds. The van der Waals surface area contributed by atoms with Crippen molar-refractivity contribution in [3.8, 4) is 22.9 Å². The molecule has 31 heavy (non-hydrogen) atoms. The van der Waals surface area contributed by atoms with Crippen molar-refractivity contribution in [2.75, 3.05) is 18.6 Å². The van der Waals surface area contributed by atoms with Crippen LogP contribution in [0.2, 0.25) is 0 Å². The van der Waals surface area contributed by atoms with Crippen molar-refractivity contribution in [3.63, 3.8) is 0 Å². The average Bonchev–Trinajstić information content (AvgIpc) is 3.37. The molecule has 2 aromatic carbocycles. The van der Waals surface area contributed by atoms with Crippen LogP contribution in [0.4, 0.5) is 5.69 Å². The number of ether oxygens (including phenoxy) is 2. The summed E-state index contributed by atoms with van der Waals surface area (Å²) < 4.78 is 16.8. The van der Waals surface area contributed by atoms with Gasteiger partial charge in [0.25, 0.3) is 0 Å². The first-order valence-electron chi connectivity index (χ1n) is 10.4. The number of nitrogens with zero attached hydrogens (tertiary/aromatic N) is 3. The Morgan fingerprint density at radius 2 is 1.94 bits per heavy atom. The van der Waals surface area contributed by atoms with Crippen LogP contribution in [0.25, 0.3) is 11.4 Å². The highest BCUT2D eigenvalue weighted by atomic mass is 16.5. The van der Waals surface area contributed by atoms with E-state index in [0.29, 0.717) is 36.2 Å². The monoisotopic (exact) mass is 421 g/mol. The maximum absolute atomic E-state index is 12.7. The fourth-order valence-corrected chi connectivity index (χ4v) is 3.79. The zero-order valence-electron chi connectivity index (χ0n) is 18.5. The van der Waals surface area contributed by atoms with Crippen LogP contribution >= 0.6 is 0 Å². The highest BCUT2D eigenvalue weighted by molar-refractivity contribution is 5.97. The van der Waals surface area contributed by atoms with Gasteiger partial charge in [-0.1, -0.05) is 17.3 Å². The number of hydrogen-bond acceptors (Lipinski definition) is 6. The molecule has 0 N–H and O–H groups in total. The molecule has 1 aliphatic heterocycles. The molecule has 0 spiro atoms. The van der Waals surface area contributed by atoms with Crippen molar-refractivity contribution in [1.82, 2.24) is 10.1 Å².